The van der Waals surface area contributed by atoms with Crippen molar-refractivity contribution >= 4 is 41.9 Å². The van der Waals surface area contributed by atoms with Gasteiger partial charge in [-0.2, -0.15) is 0 Å². The maximum atomic E-state index is 14.5. The van der Waals surface area contributed by atoms with Crippen molar-refractivity contribution in [2.24, 2.45) is 16.7 Å². The molecule has 2 saturated carbocycles. The van der Waals surface area contributed by atoms with Gasteiger partial charge in [0.25, 0.3) is 5.91 Å². The van der Waals surface area contributed by atoms with Crippen molar-refractivity contribution in [1.29, 1.82) is 0 Å². The van der Waals surface area contributed by atoms with Crippen LogP contribution in [0, 0.1) is 16.7 Å². The van der Waals surface area contributed by atoms with Crippen molar-refractivity contribution in [1.82, 2.24) is 25.2 Å². The molecule has 1 aromatic rings. The number of rotatable bonds is 6. The first-order valence-electron chi connectivity index (χ1n) is 18.7. The minimum Gasteiger partial charge on any atom is -0.449 e. The highest BCUT2D eigenvalue weighted by Crippen LogP contribution is 2.47. The number of carbonyl (C=O) groups is 5. The maximum absolute atomic E-state index is 14.5. The second-order valence-electron chi connectivity index (χ2n) is 17.1. The Morgan fingerprint density at radius 2 is 1.82 bits per heavy atom. The van der Waals surface area contributed by atoms with Crippen LogP contribution in [0.4, 0.5) is 9.59 Å². The predicted molar refractivity (Wildman–Crippen MR) is 193 cm³/mol. The van der Waals surface area contributed by atoms with Crippen LogP contribution < -0.4 is 15.4 Å². The topological polar surface area (TPSA) is 146 Å². The normalized spacial score (nSPS) is 29.8. The van der Waals surface area contributed by atoms with Crippen molar-refractivity contribution in [2.75, 3.05) is 13.2 Å². The van der Waals surface area contributed by atoms with Crippen molar-refractivity contribution in [3.8, 4) is 0 Å². The van der Waals surface area contributed by atoms with Crippen LogP contribution in [0.15, 0.2) is 18.2 Å². The summed E-state index contributed by atoms with van der Waals surface area (Å²) in [6.07, 6.45) is 5.06. The molecule has 4 bridgehead atoms. The number of hydrogen-bond donors (Lipinski definition) is 3. The Bertz CT molecular complexity index is 1540. The fourth-order valence-electron chi connectivity index (χ4n) is 7.70. The number of alkyl carbamates (subject to hydrolysis) is 1. The van der Waals surface area contributed by atoms with E-state index in [1.165, 1.54) is 22.4 Å². The molecule has 280 valence electrons. The number of carbonyl (C=O) groups excluding carboxylic acids is 5. The molecule has 0 aromatic heterocycles. The number of cyclic esters (lactones) is 1. The van der Waals surface area contributed by atoms with Crippen LogP contribution >= 0.6 is 11.9 Å². The second kappa shape index (κ2) is 14.5. The van der Waals surface area contributed by atoms with Gasteiger partial charge in [-0.1, -0.05) is 72.6 Å². The number of fused-ring (bicyclic) bond motifs is 3. The van der Waals surface area contributed by atoms with Crippen LogP contribution in [0.2, 0.25) is 0 Å². The van der Waals surface area contributed by atoms with E-state index in [0.717, 1.165) is 49.7 Å². The molecule has 13 heteroatoms. The third-order valence-electron chi connectivity index (χ3n) is 11.2. The highest BCUT2D eigenvalue weighted by Gasteiger charge is 2.61. The largest absolute Gasteiger partial charge is 0.449 e. The molecular formula is C38H55N5O7S. The van der Waals surface area contributed by atoms with E-state index >= 15 is 0 Å². The molecule has 2 aliphatic carbocycles. The smallest absolute Gasteiger partial charge is 0.410 e. The van der Waals surface area contributed by atoms with E-state index in [4.69, 9.17) is 9.47 Å². The first kappa shape index (κ1) is 37.3. The van der Waals surface area contributed by atoms with Crippen LogP contribution in [-0.4, -0.2) is 81.8 Å². The molecule has 5 aliphatic rings. The lowest BCUT2D eigenvalue weighted by atomic mass is 9.85. The molecule has 0 unspecified atom stereocenters. The van der Waals surface area contributed by atoms with Gasteiger partial charge in [0.2, 0.25) is 11.8 Å². The van der Waals surface area contributed by atoms with E-state index in [1.807, 2.05) is 39.8 Å². The van der Waals surface area contributed by atoms with Gasteiger partial charge in [0.05, 0.1) is 13.2 Å². The van der Waals surface area contributed by atoms with E-state index in [9.17, 15) is 24.0 Å². The Morgan fingerprint density at radius 1 is 1.08 bits per heavy atom. The van der Waals surface area contributed by atoms with Crippen LogP contribution in [0.3, 0.4) is 0 Å². The molecule has 0 spiro atoms. The minimum absolute atomic E-state index is 0.0267. The Balaban J connectivity index is 1.26. The molecule has 0 radical (unpaired) electrons. The summed E-state index contributed by atoms with van der Waals surface area (Å²) in [5.74, 6) is -1.20. The number of nitrogens with one attached hydrogen (secondary N) is 3. The second-order valence-corrected chi connectivity index (χ2v) is 18.2. The van der Waals surface area contributed by atoms with Crippen molar-refractivity contribution in [3.63, 3.8) is 0 Å². The number of amides is 5. The summed E-state index contributed by atoms with van der Waals surface area (Å²) < 4.78 is 14.7. The molecule has 5 amide bonds. The number of hydrogen-bond acceptors (Lipinski definition) is 8. The summed E-state index contributed by atoms with van der Waals surface area (Å²) in [4.78, 5) is 72.2. The van der Waals surface area contributed by atoms with Gasteiger partial charge < -0.3 is 25.0 Å². The molecule has 3 aliphatic heterocycles. The fourth-order valence-corrected chi connectivity index (χ4v) is 8.53. The van der Waals surface area contributed by atoms with Gasteiger partial charge in [-0.25, -0.2) is 9.59 Å². The van der Waals surface area contributed by atoms with E-state index < -0.39 is 53.1 Å². The fraction of sp³-hybridized carbons (Fsp3) is 0.711. The van der Waals surface area contributed by atoms with Crippen LogP contribution in [0.5, 0.6) is 0 Å². The van der Waals surface area contributed by atoms with E-state index in [1.54, 1.807) is 4.90 Å². The zero-order chi connectivity index (χ0) is 36.7. The summed E-state index contributed by atoms with van der Waals surface area (Å²) in [6, 6.07) is 4.14. The first-order valence-corrected chi connectivity index (χ1v) is 19.6. The Hall–Kier alpha value is -3.48. The Morgan fingerprint density at radius 3 is 2.51 bits per heavy atom. The molecule has 3 N–H and O–H groups in total. The zero-order valence-corrected chi connectivity index (χ0v) is 31.8. The zero-order valence-electron chi connectivity index (χ0n) is 31.0. The predicted octanol–water partition coefficient (Wildman–Crippen LogP) is 5.21. The molecule has 5 atom stereocenters. The lowest BCUT2D eigenvalue weighted by Gasteiger charge is -2.35. The third-order valence-corrected chi connectivity index (χ3v) is 12.3. The van der Waals surface area contributed by atoms with Crippen LogP contribution in [0.25, 0.3) is 0 Å². The van der Waals surface area contributed by atoms with Gasteiger partial charge in [-0.3, -0.25) is 24.0 Å². The van der Waals surface area contributed by atoms with Crippen molar-refractivity contribution < 1.29 is 33.4 Å². The summed E-state index contributed by atoms with van der Waals surface area (Å²) in [5, 5.41) is 6.25. The van der Waals surface area contributed by atoms with Gasteiger partial charge in [-0.05, 0) is 83.9 Å². The molecule has 1 saturated heterocycles. The number of nitrogens with zero attached hydrogens (tertiary/aromatic N) is 2. The van der Waals surface area contributed by atoms with E-state index in [0.29, 0.717) is 31.2 Å². The van der Waals surface area contributed by atoms with Crippen molar-refractivity contribution in [3.05, 3.63) is 34.9 Å². The molecule has 51 heavy (non-hydrogen) atoms. The van der Waals surface area contributed by atoms with Crippen LogP contribution in [-0.2, 0) is 43.4 Å². The average molecular weight is 726 g/mol. The quantitative estimate of drug-likeness (QED) is 0.339. The van der Waals surface area contributed by atoms with Gasteiger partial charge >= 0.3 is 12.2 Å². The Kier molecular flexibility index (Phi) is 10.6. The maximum Gasteiger partial charge on any atom is 0.410 e. The van der Waals surface area contributed by atoms with Gasteiger partial charge in [0.15, 0.2) is 0 Å². The van der Waals surface area contributed by atoms with Crippen molar-refractivity contribution in [2.45, 2.75) is 141 Å². The lowest BCUT2D eigenvalue weighted by molar-refractivity contribution is -0.143. The van der Waals surface area contributed by atoms with E-state index in [-0.39, 0.29) is 36.8 Å². The summed E-state index contributed by atoms with van der Waals surface area (Å²) in [5.41, 5.74) is 1.38. The lowest BCUT2D eigenvalue weighted by Crippen LogP contribution is -2.59. The van der Waals surface area contributed by atoms with Gasteiger partial charge in [0, 0.05) is 24.8 Å². The van der Waals surface area contributed by atoms with E-state index in [2.05, 4.69) is 35.3 Å². The molecule has 3 heterocycles. The monoisotopic (exact) mass is 725 g/mol. The third kappa shape index (κ3) is 8.44. The first-order chi connectivity index (χ1) is 24.1. The molecule has 12 nitrogen and oxygen atoms in total. The molecule has 6 rings (SSSR count). The van der Waals surface area contributed by atoms with Gasteiger partial charge in [-0.15, -0.1) is 0 Å². The standard InChI is InChI=1S/C38H55N5O7S/c1-7-25-18-38(25,33(46)41-51-27-14-15-27)40-31(44)29-17-26-20-43(29)32(45)30(36(2,3)4)39-34(47)49-22-37(5,6)16-9-8-11-23-12-10-13-24-19-42(21-28(23)24)35(48)50-26/h10,12-13,25-27,29-30H,7-9,11,14-22H2,1-6H3,(H,39,47)(H,40,44)(H,41,46)/t25-,26-,29+,30-,38-/m1/s1. The number of aryl methyl sites for hydroxylation is 1. The Labute approximate surface area is 306 Å². The molecular weight excluding hydrogens is 671 g/mol. The highest BCUT2D eigenvalue weighted by atomic mass is 32.2. The summed E-state index contributed by atoms with van der Waals surface area (Å²) >= 11 is 1.40. The van der Waals surface area contributed by atoms with Crippen LogP contribution in [0.1, 0.15) is 110 Å². The highest BCUT2D eigenvalue weighted by molar-refractivity contribution is 7.98. The molecule has 3 fully saturated rings. The number of ether oxygens (including phenoxy) is 2. The SMILES string of the molecule is CC[C@@H]1C[C@]1(NC(=O)[C@@H]1C[C@@H]2CN1C(=O)[C@H](C(C)(C)C)NC(=O)OCC(C)(C)CCCCc1cccc3c1CN(C3)C(=O)O2)C(=O)NSC1CC1. The summed E-state index contributed by atoms with van der Waals surface area (Å²) in [7, 11) is 0. The number of benzene rings is 1. The molecule has 1 aromatic carbocycles. The van der Waals surface area contributed by atoms with Gasteiger partial charge in [0.1, 0.15) is 23.7 Å². The summed E-state index contributed by atoms with van der Waals surface area (Å²) in [6.45, 7) is 12.7. The average Bonchev–Trinajstić information content (AvgIpc) is 3.94. The minimum atomic E-state index is -1.06.